The maximum Gasteiger partial charge on any atom is 0.220 e. The van der Waals surface area contributed by atoms with E-state index in [1.165, 1.54) is 0 Å². The number of benzene rings is 1. The predicted molar refractivity (Wildman–Crippen MR) is 101 cm³/mol. The number of fused-ring (bicyclic) bond motifs is 1. The topological polar surface area (TPSA) is 71.6 Å². The monoisotopic (exact) mass is 359 g/mol. The second kappa shape index (κ2) is 7.67. The Morgan fingerprint density at radius 3 is 2.88 bits per heavy atom. The van der Waals surface area contributed by atoms with Crippen molar-refractivity contribution in [2.75, 3.05) is 25.6 Å². The number of hydrogen-bond donors (Lipinski definition) is 1. The van der Waals surface area contributed by atoms with Gasteiger partial charge in [0.25, 0.3) is 0 Å². The normalized spacial score (nSPS) is 12.8. The lowest BCUT2D eigenvalue weighted by Gasteiger charge is -2.14. The molecule has 132 valence electrons. The molecule has 2 aromatic heterocycles. The fourth-order valence-corrected chi connectivity index (χ4v) is 2.96. The molecule has 0 aliphatic rings. The van der Waals surface area contributed by atoms with E-state index < -0.39 is 0 Å². The zero-order valence-electron chi connectivity index (χ0n) is 14.5. The summed E-state index contributed by atoms with van der Waals surface area (Å²) in [5.41, 5.74) is 1.42. The van der Waals surface area contributed by atoms with Gasteiger partial charge in [0, 0.05) is 37.3 Å². The molecular weight excluding hydrogens is 338 g/mol. The molecule has 0 aliphatic heterocycles. The smallest absolute Gasteiger partial charge is 0.220 e. The molecule has 3 rings (SSSR count). The number of rotatable bonds is 7. The first-order chi connectivity index (χ1) is 12.1. The summed E-state index contributed by atoms with van der Waals surface area (Å²) >= 11 is 1.60. The number of thiazole rings is 1. The fourth-order valence-electron chi connectivity index (χ4n) is 2.22. The SMILES string of the molecule is CCC(CO)Oc1ccc2nc(/C=C/c3cnc(N(C)C)s3)oc2c1. The Labute approximate surface area is 150 Å². The van der Waals surface area contributed by atoms with E-state index in [0.717, 1.165) is 21.9 Å². The van der Waals surface area contributed by atoms with E-state index >= 15 is 0 Å². The van der Waals surface area contributed by atoms with Gasteiger partial charge in [-0.25, -0.2) is 9.97 Å². The van der Waals surface area contributed by atoms with E-state index in [9.17, 15) is 5.11 Å². The van der Waals surface area contributed by atoms with Crippen LogP contribution in [0.5, 0.6) is 5.75 Å². The van der Waals surface area contributed by atoms with Crippen LogP contribution in [0.3, 0.4) is 0 Å². The molecule has 1 aromatic carbocycles. The van der Waals surface area contributed by atoms with Gasteiger partial charge in [0.2, 0.25) is 5.89 Å². The van der Waals surface area contributed by atoms with Crippen molar-refractivity contribution >= 4 is 39.7 Å². The van der Waals surface area contributed by atoms with Crippen LogP contribution >= 0.6 is 11.3 Å². The molecule has 1 N–H and O–H groups in total. The van der Waals surface area contributed by atoms with Gasteiger partial charge < -0.3 is 19.2 Å². The Hall–Kier alpha value is -2.38. The van der Waals surface area contributed by atoms with E-state index in [2.05, 4.69) is 9.97 Å². The van der Waals surface area contributed by atoms with Crippen LogP contribution in [0.25, 0.3) is 23.3 Å². The summed E-state index contributed by atoms with van der Waals surface area (Å²) < 4.78 is 11.5. The van der Waals surface area contributed by atoms with Crippen LogP contribution in [0.15, 0.2) is 28.8 Å². The van der Waals surface area contributed by atoms with Crippen LogP contribution < -0.4 is 9.64 Å². The van der Waals surface area contributed by atoms with Gasteiger partial charge in [-0.2, -0.15) is 0 Å². The molecule has 3 aromatic rings. The highest BCUT2D eigenvalue weighted by Crippen LogP contribution is 2.25. The summed E-state index contributed by atoms with van der Waals surface area (Å²) in [5.74, 6) is 1.19. The quantitative estimate of drug-likeness (QED) is 0.694. The highest BCUT2D eigenvalue weighted by Gasteiger charge is 2.09. The van der Waals surface area contributed by atoms with Crippen molar-refractivity contribution in [1.29, 1.82) is 0 Å². The molecule has 0 amide bonds. The molecule has 0 saturated carbocycles. The van der Waals surface area contributed by atoms with E-state index in [0.29, 0.717) is 17.2 Å². The molecule has 0 fully saturated rings. The third-order valence-corrected chi connectivity index (χ3v) is 4.75. The Morgan fingerprint density at radius 1 is 1.36 bits per heavy atom. The summed E-state index contributed by atoms with van der Waals surface area (Å²) in [6.45, 7) is 1.96. The lowest BCUT2D eigenvalue weighted by molar-refractivity contribution is 0.112. The molecule has 0 bridgehead atoms. The number of anilines is 1. The minimum atomic E-state index is -0.211. The maximum absolute atomic E-state index is 9.24. The Bertz CT molecular complexity index is 865. The van der Waals surface area contributed by atoms with Gasteiger partial charge in [-0.15, -0.1) is 0 Å². The van der Waals surface area contributed by atoms with Crippen LogP contribution in [-0.4, -0.2) is 41.9 Å². The maximum atomic E-state index is 9.24. The average molecular weight is 359 g/mol. The van der Waals surface area contributed by atoms with Gasteiger partial charge in [0.1, 0.15) is 17.4 Å². The average Bonchev–Trinajstić information content (AvgIpc) is 3.23. The molecular formula is C18H21N3O3S. The number of hydrogen-bond acceptors (Lipinski definition) is 7. The van der Waals surface area contributed by atoms with Gasteiger partial charge >= 0.3 is 0 Å². The Morgan fingerprint density at radius 2 is 2.20 bits per heavy atom. The summed E-state index contributed by atoms with van der Waals surface area (Å²) in [5, 5.41) is 10.2. The summed E-state index contributed by atoms with van der Waals surface area (Å²) in [6, 6.07) is 5.49. The van der Waals surface area contributed by atoms with Crippen molar-refractivity contribution in [1.82, 2.24) is 9.97 Å². The van der Waals surface area contributed by atoms with Gasteiger partial charge in [-0.3, -0.25) is 0 Å². The molecule has 6 nitrogen and oxygen atoms in total. The van der Waals surface area contributed by atoms with Gasteiger partial charge in [-0.05, 0) is 24.6 Å². The molecule has 0 spiro atoms. The second-order valence-electron chi connectivity index (χ2n) is 5.79. The third-order valence-electron chi connectivity index (χ3n) is 3.62. The van der Waals surface area contributed by atoms with Gasteiger partial charge in [0.15, 0.2) is 10.7 Å². The number of oxazole rings is 1. The first-order valence-corrected chi connectivity index (χ1v) is 8.90. The largest absolute Gasteiger partial charge is 0.488 e. The molecule has 0 aliphatic carbocycles. The first kappa shape index (κ1) is 17.4. The number of aliphatic hydroxyl groups is 1. The lowest BCUT2D eigenvalue weighted by atomic mass is 10.2. The summed E-state index contributed by atoms with van der Waals surface area (Å²) in [7, 11) is 3.93. The van der Waals surface area contributed by atoms with Crippen molar-refractivity contribution in [2.24, 2.45) is 0 Å². The summed E-state index contributed by atoms with van der Waals surface area (Å²) in [4.78, 5) is 11.8. The molecule has 1 unspecified atom stereocenters. The standard InChI is InChI=1S/C18H21N3O3S/c1-4-12(11-22)23-13-5-7-15-16(9-13)24-17(20-15)8-6-14-10-19-18(25-14)21(2)3/h5-10,12,22H,4,11H2,1-3H3/b8-6+. The highest BCUT2D eigenvalue weighted by molar-refractivity contribution is 7.16. The van der Waals surface area contributed by atoms with Crippen LogP contribution in [-0.2, 0) is 0 Å². The van der Waals surface area contributed by atoms with Crippen LogP contribution in [0, 0.1) is 0 Å². The minimum Gasteiger partial charge on any atom is -0.488 e. The van der Waals surface area contributed by atoms with E-state index in [4.69, 9.17) is 9.15 Å². The molecule has 0 radical (unpaired) electrons. The number of nitrogens with zero attached hydrogens (tertiary/aromatic N) is 3. The molecule has 0 saturated heterocycles. The molecule has 7 heteroatoms. The molecule has 1 atom stereocenters. The number of aliphatic hydroxyl groups excluding tert-OH is 1. The van der Waals surface area contributed by atoms with Crippen LogP contribution in [0.1, 0.15) is 24.1 Å². The van der Waals surface area contributed by atoms with Crippen molar-refractivity contribution < 1.29 is 14.3 Å². The molecule has 25 heavy (non-hydrogen) atoms. The zero-order chi connectivity index (χ0) is 17.8. The van der Waals surface area contributed by atoms with Crippen molar-refractivity contribution in [3.63, 3.8) is 0 Å². The third kappa shape index (κ3) is 4.18. The zero-order valence-corrected chi connectivity index (χ0v) is 15.3. The van der Waals surface area contributed by atoms with Crippen LogP contribution in [0.2, 0.25) is 0 Å². The van der Waals surface area contributed by atoms with Crippen molar-refractivity contribution in [2.45, 2.75) is 19.4 Å². The van der Waals surface area contributed by atoms with Crippen LogP contribution in [0.4, 0.5) is 5.13 Å². The van der Waals surface area contributed by atoms with Crippen molar-refractivity contribution in [3.05, 3.63) is 35.2 Å². The molecule has 2 heterocycles. The van der Waals surface area contributed by atoms with Crippen molar-refractivity contribution in [3.8, 4) is 5.75 Å². The van der Waals surface area contributed by atoms with E-state index in [1.54, 1.807) is 17.4 Å². The Balaban J connectivity index is 1.77. The lowest BCUT2D eigenvalue weighted by Crippen LogP contribution is -2.19. The second-order valence-corrected chi connectivity index (χ2v) is 6.83. The number of ether oxygens (including phenoxy) is 1. The van der Waals surface area contributed by atoms with Gasteiger partial charge in [-0.1, -0.05) is 18.3 Å². The van der Waals surface area contributed by atoms with E-state index in [-0.39, 0.29) is 12.7 Å². The fraction of sp³-hybridized carbons (Fsp3) is 0.333. The summed E-state index contributed by atoms with van der Waals surface area (Å²) in [6.07, 6.45) is 6.12. The Kier molecular flexibility index (Phi) is 5.35. The minimum absolute atomic E-state index is 0.0112. The van der Waals surface area contributed by atoms with Gasteiger partial charge in [0.05, 0.1) is 6.61 Å². The van der Waals surface area contributed by atoms with E-state index in [1.807, 2.05) is 56.4 Å². The highest BCUT2D eigenvalue weighted by atomic mass is 32.1. The number of aromatic nitrogens is 2. The first-order valence-electron chi connectivity index (χ1n) is 8.08. The predicted octanol–water partition coefficient (Wildman–Crippen LogP) is 3.67.